The largest absolute Gasteiger partial charge is 0.325 e. The van der Waals surface area contributed by atoms with Gasteiger partial charge < -0.3 is 5.32 Å². The number of thioether (sulfide) groups is 1. The summed E-state index contributed by atoms with van der Waals surface area (Å²) >= 11 is 3.25. The van der Waals surface area contributed by atoms with E-state index in [2.05, 4.69) is 31.1 Å². The summed E-state index contributed by atoms with van der Waals surface area (Å²) in [7, 11) is 0. The van der Waals surface area contributed by atoms with Gasteiger partial charge in [0.15, 0.2) is 4.96 Å². The van der Waals surface area contributed by atoms with Crippen LogP contribution in [0.5, 0.6) is 0 Å². The van der Waals surface area contributed by atoms with Gasteiger partial charge in [0.05, 0.1) is 11.4 Å². The molecular weight excluding hydrogens is 326 g/mol. The molecular formula is C17H19N3OS2. The number of rotatable bonds is 4. The molecule has 0 atom stereocenters. The van der Waals surface area contributed by atoms with Crippen molar-refractivity contribution in [3.05, 3.63) is 42.0 Å². The van der Waals surface area contributed by atoms with E-state index in [0.717, 1.165) is 21.9 Å². The lowest BCUT2D eigenvalue weighted by Gasteiger charge is -2.17. The summed E-state index contributed by atoms with van der Waals surface area (Å²) in [6.07, 6.45) is 4.01. The fourth-order valence-corrected chi connectivity index (χ4v) is 3.41. The SMILES string of the molecule is CC(C)(C)SCC(=O)Nc1ccc(-c2cn3ccsc3n2)cc1. The number of hydrogen-bond donors (Lipinski definition) is 1. The van der Waals surface area contributed by atoms with Crippen molar-refractivity contribution in [2.75, 3.05) is 11.1 Å². The van der Waals surface area contributed by atoms with E-state index in [1.54, 1.807) is 23.1 Å². The van der Waals surface area contributed by atoms with Gasteiger partial charge in [0.25, 0.3) is 0 Å². The lowest BCUT2D eigenvalue weighted by Crippen LogP contribution is -2.18. The van der Waals surface area contributed by atoms with Gasteiger partial charge in [-0.25, -0.2) is 4.98 Å². The molecule has 2 aromatic heterocycles. The molecule has 2 heterocycles. The minimum atomic E-state index is 0.0279. The third-order valence-corrected chi connectivity index (χ3v) is 5.24. The summed E-state index contributed by atoms with van der Waals surface area (Å²) in [5.74, 6) is 0.489. The number of thiazole rings is 1. The first-order chi connectivity index (χ1) is 10.9. The Bertz CT molecular complexity index is 784. The fraction of sp³-hybridized carbons (Fsp3) is 0.294. The first-order valence-electron chi connectivity index (χ1n) is 7.37. The topological polar surface area (TPSA) is 46.4 Å². The second-order valence-corrected chi connectivity index (χ2v) is 8.92. The van der Waals surface area contributed by atoms with Crippen LogP contribution in [0.4, 0.5) is 5.69 Å². The first-order valence-corrected chi connectivity index (χ1v) is 9.24. The number of amides is 1. The van der Waals surface area contributed by atoms with Crippen molar-refractivity contribution < 1.29 is 4.79 Å². The van der Waals surface area contributed by atoms with Crippen LogP contribution in [0.3, 0.4) is 0 Å². The average molecular weight is 345 g/mol. The first kappa shape index (κ1) is 16.1. The van der Waals surface area contributed by atoms with Crippen LogP contribution in [0.1, 0.15) is 20.8 Å². The van der Waals surface area contributed by atoms with E-state index < -0.39 is 0 Å². The van der Waals surface area contributed by atoms with Crippen LogP contribution >= 0.6 is 23.1 Å². The van der Waals surface area contributed by atoms with Gasteiger partial charge in [0, 0.05) is 33.8 Å². The number of hydrogen-bond acceptors (Lipinski definition) is 4. The molecule has 0 spiro atoms. The summed E-state index contributed by atoms with van der Waals surface area (Å²) in [6.45, 7) is 6.32. The zero-order valence-electron chi connectivity index (χ0n) is 13.4. The van der Waals surface area contributed by atoms with Gasteiger partial charge >= 0.3 is 0 Å². The summed E-state index contributed by atoms with van der Waals surface area (Å²) in [5, 5.41) is 4.95. The van der Waals surface area contributed by atoms with Gasteiger partial charge in [0.1, 0.15) is 0 Å². The summed E-state index contributed by atoms with van der Waals surface area (Å²) in [4.78, 5) is 17.5. The molecule has 0 saturated heterocycles. The van der Waals surface area contributed by atoms with E-state index in [1.165, 1.54) is 0 Å². The van der Waals surface area contributed by atoms with Crippen molar-refractivity contribution >= 4 is 39.7 Å². The van der Waals surface area contributed by atoms with Crippen LogP contribution in [0.25, 0.3) is 16.2 Å². The molecule has 4 nitrogen and oxygen atoms in total. The molecule has 6 heteroatoms. The molecule has 23 heavy (non-hydrogen) atoms. The third kappa shape index (κ3) is 4.14. The predicted molar refractivity (Wildman–Crippen MR) is 99.3 cm³/mol. The van der Waals surface area contributed by atoms with Crippen LogP contribution in [0.15, 0.2) is 42.0 Å². The number of benzene rings is 1. The van der Waals surface area contributed by atoms with Gasteiger partial charge in [-0.3, -0.25) is 9.20 Å². The Labute approximate surface area is 143 Å². The van der Waals surface area contributed by atoms with Crippen molar-refractivity contribution in [2.24, 2.45) is 0 Å². The Kier molecular flexibility index (Phi) is 4.46. The second-order valence-electron chi connectivity index (χ2n) is 6.25. The molecule has 0 bridgehead atoms. The Morgan fingerprint density at radius 3 is 2.70 bits per heavy atom. The number of aromatic nitrogens is 2. The molecule has 0 aliphatic heterocycles. The number of carbonyl (C=O) groups is 1. The fourth-order valence-electron chi connectivity index (χ4n) is 2.07. The summed E-state index contributed by atoms with van der Waals surface area (Å²) < 4.78 is 2.11. The maximum absolute atomic E-state index is 12.0. The molecule has 0 fully saturated rings. The van der Waals surface area contributed by atoms with Gasteiger partial charge in [-0.1, -0.05) is 32.9 Å². The second kappa shape index (κ2) is 6.37. The van der Waals surface area contributed by atoms with Crippen LogP contribution in [-0.2, 0) is 4.79 Å². The molecule has 0 aliphatic rings. The van der Waals surface area contributed by atoms with Crippen LogP contribution < -0.4 is 5.32 Å². The zero-order chi connectivity index (χ0) is 16.4. The van der Waals surface area contributed by atoms with Crippen molar-refractivity contribution in [2.45, 2.75) is 25.5 Å². The van der Waals surface area contributed by atoms with Crippen molar-refractivity contribution in [3.63, 3.8) is 0 Å². The Hall–Kier alpha value is -1.79. The molecule has 0 unspecified atom stereocenters. The standard InChI is InChI=1S/C17H19N3OS2/c1-17(2,3)23-11-15(21)18-13-6-4-12(5-7-13)14-10-20-8-9-22-16(20)19-14/h4-10H,11H2,1-3H3,(H,18,21). The highest BCUT2D eigenvalue weighted by Gasteiger charge is 2.13. The molecule has 3 rings (SSSR count). The van der Waals surface area contributed by atoms with E-state index in [4.69, 9.17) is 0 Å². The summed E-state index contributed by atoms with van der Waals surface area (Å²) in [5.41, 5.74) is 2.80. The number of nitrogens with one attached hydrogen (secondary N) is 1. The van der Waals surface area contributed by atoms with Gasteiger partial charge in [0.2, 0.25) is 5.91 Å². The van der Waals surface area contributed by atoms with E-state index in [9.17, 15) is 4.79 Å². The third-order valence-electron chi connectivity index (χ3n) is 3.19. The number of anilines is 1. The minimum absolute atomic E-state index is 0.0279. The number of carbonyl (C=O) groups excluding carboxylic acids is 1. The number of nitrogens with zero attached hydrogens (tertiary/aromatic N) is 2. The Morgan fingerprint density at radius 2 is 2.04 bits per heavy atom. The predicted octanol–water partition coefficient (Wildman–Crippen LogP) is 4.53. The quantitative estimate of drug-likeness (QED) is 0.755. The number of fused-ring (bicyclic) bond motifs is 1. The molecule has 0 aliphatic carbocycles. The van der Waals surface area contributed by atoms with Gasteiger partial charge in [-0.05, 0) is 12.1 Å². The molecule has 1 N–H and O–H groups in total. The lowest BCUT2D eigenvalue weighted by molar-refractivity contribution is -0.113. The summed E-state index contributed by atoms with van der Waals surface area (Å²) in [6, 6.07) is 7.81. The van der Waals surface area contributed by atoms with Crippen LogP contribution in [-0.4, -0.2) is 25.8 Å². The molecule has 0 saturated carbocycles. The monoisotopic (exact) mass is 345 g/mol. The molecule has 120 valence electrons. The van der Waals surface area contributed by atoms with Crippen molar-refractivity contribution in [1.29, 1.82) is 0 Å². The van der Waals surface area contributed by atoms with Crippen LogP contribution in [0.2, 0.25) is 0 Å². The van der Waals surface area contributed by atoms with Crippen molar-refractivity contribution in [1.82, 2.24) is 9.38 Å². The highest BCUT2D eigenvalue weighted by molar-refractivity contribution is 8.01. The Morgan fingerprint density at radius 1 is 1.30 bits per heavy atom. The smallest absolute Gasteiger partial charge is 0.234 e. The highest BCUT2D eigenvalue weighted by Crippen LogP contribution is 2.24. The van der Waals surface area contributed by atoms with Crippen molar-refractivity contribution in [3.8, 4) is 11.3 Å². The molecule has 0 radical (unpaired) electrons. The average Bonchev–Trinajstić information content (AvgIpc) is 3.06. The maximum Gasteiger partial charge on any atom is 0.234 e. The Balaban J connectivity index is 1.65. The lowest BCUT2D eigenvalue weighted by atomic mass is 10.1. The number of imidazole rings is 1. The minimum Gasteiger partial charge on any atom is -0.325 e. The van der Waals surface area contributed by atoms with E-state index in [0.29, 0.717) is 5.75 Å². The molecule has 3 aromatic rings. The van der Waals surface area contributed by atoms with Gasteiger partial charge in [-0.15, -0.1) is 23.1 Å². The highest BCUT2D eigenvalue weighted by atomic mass is 32.2. The van der Waals surface area contributed by atoms with Crippen LogP contribution in [0, 0.1) is 0 Å². The maximum atomic E-state index is 12.0. The van der Waals surface area contributed by atoms with E-state index in [-0.39, 0.29) is 10.7 Å². The zero-order valence-corrected chi connectivity index (χ0v) is 15.0. The van der Waals surface area contributed by atoms with E-state index in [1.807, 2.05) is 46.4 Å². The van der Waals surface area contributed by atoms with Gasteiger partial charge in [-0.2, -0.15) is 0 Å². The molecule has 1 aromatic carbocycles. The van der Waals surface area contributed by atoms with E-state index >= 15 is 0 Å². The molecule has 1 amide bonds. The normalized spacial score (nSPS) is 11.8.